The van der Waals surface area contributed by atoms with Crippen LogP contribution in [0.15, 0.2) is 64.9 Å². The number of alkyl halides is 3. The van der Waals surface area contributed by atoms with Gasteiger partial charge in [0.05, 0.1) is 19.2 Å². The Bertz CT molecular complexity index is 1400. The summed E-state index contributed by atoms with van der Waals surface area (Å²) < 4.78 is 71.7. The molecule has 0 bridgehead atoms. The number of ether oxygens (including phenoxy) is 1. The lowest BCUT2D eigenvalue weighted by molar-refractivity contribution is -0.137. The maximum Gasteiger partial charge on any atom is 0.416 e. The smallest absolute Gasteiger partial charge is 0.416 e. The second-order valence-corrected chi connectivity index (χ2v) is 13.1. The molecule has 12 heteroatoms. The van der Waals surface area contributed by atoms with Gasteiger partial charge in [-0.05, 0) is 66.8 Å². The second-order valence-electron chi connectivity index (χ2n) is 9.74. The van der Waals surface area contributed by atoms with Gasteiger partial charge in [0.2, 0.25) is 0 Å². The Labute approximate surface area is 236 Å². The topological polar surface area (TPSA) is 87.7 Å². The monoisotopic (exact) mass is 595 g/mol. The van der Waals surface area contributed by atoms with Gasteiger partial charge in [0, 0.05) is 36.1 Å². The number of hydrogen-bond acceptors (Lipinski definition) is 6. The first kappa shape index (κ1) is 30.0. The van der Waals surface area contributed by atoms with Crippen molar-refractivity contribution in [3.05, 3.63) is 82.2 Å². The van der Waals surface area contributed by atoms with Gasteiger partial charge in [-0.3, -0.25) is 4.79 Å². The fraction of sp³-hybridized carbons (Fsp3) is 0.393. The van der Waals surface area contributed by atoms with Crippen LogP contribution >= 0.6 is 11.3 Å². The number of carbonyl (C=O) groups is 1. The minimum Gasteiger partial charge on any atom is -0.497 e. The van der Waals surface area contributed by atoms with E-state index in [2.05, 4.69) is 10.6 Å². The van der Waals surface area contributed by atoms with Gasteiger partial charge in [0.25, 0.3) is 15.9 Å². The lowest BCUT2D eigenvalue weighted by Gasteiger charge is -2.32. The predicted octanol–water partition coefficient (Wildman–Crippen LogP) is 5.25. The molecule has 0 saturated carbocycles. The van der Waals surface area contributed by atoms with E-state index in [1.165, 1.54) is 23.5 Å². The number of carbonyl (C=O) groups excluding carboxylic acids is 1. The normalized spacial score (nSPS) is 16.0. The largest absolute Gasteiger partial charge is 0.497 e. The highest BCUT2D eigenvalue weighted by atomic mass is 32.2. The van der Waals surface area contributed by atoms with Crippen molar-refractivity contribution in [1.29, 1.82) is 0 Å². The van der Waals surface area contributed by atoms with E-state index in [0.29, 0.717) is 43.8 Å². The number of sulfonamides is 1. The van der Waals surface area contributed by atoms with E-state index in [-0.39, 0.29) is 28.6 Å². The van der Waals surface area contributed by atoms with E-state index >= 15 is 0 Å². The fourth-order valence-electron chi connectivity index (χ4n) is 4.52. The van der Waals surface area contributed by atoms with Crippen LogP contribution in [0.2, 0.25) is 0 Å². The van der Waals surface area contributed by atoms with Crippen molar-refractivity contribution < 1.29 is 31.1 Å². The quantitative estimate of drug-likeness (QED) is 0.334. The van der Waals surface area contributed by atoms with Gasteiger partial charge in [0.15, 0.2) is 0 Å². The van der Waals surface area contributed by atoms with E-state index in [0.717, 1.165) is 33.9 Å². The zero-order chi connectivity index (χ0) is 28.9. The third-order valence-electron chi connectivity index (χ3n) is 6.96. The van der Waals surface area contributed by atoms with Crippen LogP contribution in [0.5, 0.6) is 5.75 Å². The number of hydrogen-bond donors (Lipinski definition) is 2. The van der Waals surface area contributed by atoms with Crippen molar-refractivity contribution in [3.8, 4) is 5.75 Å². The molecule has 3 aromatic rings. The summed E-state index contributed by atoms with van der Waals surface area (Å²) in [7, 11) is -2.13. The number of nitrogens with one attached hydrogen (secondary N) is 2. The average Bonchev–Trinajstić information content (AvgIpc) is 3.44. The molecule has 1 unspecified atom stereocenters. The second kappa shape index (κ2) is 12.7. The number of nitrogens with zero attached hydrogens (tertiary/aromatic N) is 1. The first-order valence-electron chi connectivity index (χ1n) is 12.9. The van der Waals surface area contributed by atoms with Gasteiger partial charge in [-0.25, -0.2) is 8.42 Å². The van der Waals surface area contributed by atoms with Gasteiger partial charge in [0.1, 0.15) is 9.96 Å². The SMILES string of the molecule is COc1cccc(C(=O)NCc2ccc(S(=O)(=O)N3CCC(NCC(C)c4ccc(C(F)(F)F)cc4)CC3)s2)c1. The van der Waals surface area contributed by atoms with Crippen molar-refractivity contribution >= 4 is 27.3 Å². The molecule has 1 saturated heterocycles. The molecular weight excluding hydrogens is 563 g/mol. The molecule has 0 aliphatic carbocycles. The van der Waals surface area contributed by atoms with E-state index in [1.54, 1.807) is 36.4 Å². The Morgan fingerprint density at radius 1 is 1.10 bits per heavy atom. The van der Waals surface area contributed by atoms with Crippen molar-refractivity contribution in [2.45, 2.75) is 48.7 Å². The Morgan fingerprint density at radius 2 is 1.80 bits per heavy atom. The summed E-state index contributed by atoms with van der Waals surface area (Å²) in [5.41, 5.74) is 0.600. The lowest BCUT2D eigenvalue weighted by atomic mass is 9.98. The standard InChI is InChI=1S/C28H32F3N3O4S2/c1-19(20-6-8-22(9-7-20)28(29,30)31)17-32-23-12-14-34(15-13-23)40(36,37)26-11-10-25(39-26)18-33-27(35)21-4-3-5-24(16-21)38-2/h3-11,16,19,23,32H,12-15,17-18H2,1-2H3,(H,33,35). The molecule has 2 N–H and O–H groups in total. The summed E-state index contributed by atoms with van der Waals surface area (Å²) in [6.45, 7) is 3.48. The zero-order valence-electron chi connectivity index (χ0n) is 22.2. The summed E-state index contributed by atoms with van der Waals surface area (Å²) in [6, 6.07) is 15.4. The molecule has 1 amide bonds. The molecule has 1 aromatic heterocycles. The molecule has 216 valence electrons. The van der Waals surface area contributed by atoms with Crippen molar-refractivity contribution in [3.63, 3.8) is 0 Å². The van der Waals surface area contributed by atoms with Gasteiger partial charge < -0.3 is 15.4 Å². The summed E-state index contributed by atoms with van der Waals surface area (Å²) >= 11 is 1.14. The Balaban J connectivity index is 1.25. The van der Waals surface area contributed by atoms with Crippen LogP contribution in [0.4, 0.5) is 13.2 Å². The highest BCUT2D eigenvalue weighted by Crippen LogP contribution is 2.30. The molecule has 1 fully saturated rings. The number of piperidine rings is 1. The van der Waals surface area contributed by atoms with Gasteiger partial charge in [-0.15, -0.1) is 11.3 Å². The Kier molecular flexibility index (Phi) is 9.55. The van der Waals surface area contributed by atoms with E-state index in [1.807, 2.05) is 6.92 Å². The molecule has 40 heavy (non-hydrogen) atoms. The molecule has 1 aliphatic heterocycles. The van der Waals surface area contributed by atoms with Gasteiger partial charge in [-0.1, -0.05) is 25.1 Å². The van der Waals surface area contributed by atoms with Crippen LogP contribution in [-0.4, -0.2) is 51.4 Å². The summed E-state index contributed by atoms with van der Waals surface area (Å²) in [5, 5.41) is 6.25. The molecule has 1 aliphatic rings. The minimum atomic E-state index is -4.35. The fourth-order valence-corrected chi connectivity index (χ4v) is 7.43. The van der Waals surface area contributed by atoms with Crippen LogP contribution in [0, 0.1) is 0 Å². The lowest BCUT2D eigenvalue weighted by Crippen LogP contribution is -2.45. The first-order valence-corrected chi connectivity index (χ1v) is 15.1. The highest BCUT2D eigenvalue weighted by Gasteiger charge is 2.31. The van der Waals surface area contributed by atoms with E-state index in [9.17, 15) is 26.4 Å². The Morgan fingerprint density at radius 3 is 2.45 bits per heavy atom. The number of methoxy groups -OCH3 is 1. The molecule has 0 spiro atoms. The van der Waals surface area contributed by atoms with Crippen molar-refractivity contribution in [2.24, 2.45) is 0 Å². The van der Waals surface area contributed by atoms with Crippen molar-refractivity contribution in [1.82, 2.24) is 14.9 Å². The number of halogens is 3. The maximum absolute atomic E-state index is 13.2. The number of benzene rings is 2. The first-order chi connectivity index (χ1) is 19.0. The third-order valence-corrected chi connectivity index (χ3v) is 10.4. The van der Waals surface area contributed by atoms with Gasteiger partial charge in [-0.2, -0.15) is 17.5 Å². The molecule has 2 heterocycles. The molecule has 4 rings (SSSR count). The summed E-state index contributed by atoms with van der Waals surface area (Å²) in [5.74, 6) is 0.307. The van der Waals surface area contributed by atoms with Crippen molar-refractivity contribution in [2.75, 3.05) is 26.7 Å². The third kappa shape index (κ3) is 7.42. The minimum absolute atomic E-state index is 0.0120. The number of rotatable bonds is 10. The van der Waals surface area contributed by atoms with Gasteiger partial charge >= 0.3 is 6.18 Å². The average molecular weight is 596 g/mol. The maximum atomic E-state index is 13.2. The molecule has 1 atom stereocenters. The van der Waals surface area contributed by atoms with Crippen LogP contribution in [0.1, 0.15) is 52.0 Å². The molecule has 7 nitrogen and oxygen atoms in total. The number of amides is 1. The van der Waals surface area contributed by atoms with Crippen LogP contribution < -0.4 is 15.4 Å². The molecule has 0 radical (unpaired) electrons. The zero-order valence-corrected chi connectivity index (χ0v) is 23.8. The molecular formula is C28H32F3N3O4S2. The number of thiophene rings is 1. The molecule has 2 aromatic carbocycles. The van der Waals surface area contributed by atoms with Crippen LogP contribution in [0.3, 0.4) is 0 Å². The van der Waals surface area contributed by atoms with E-state index < -0.39 is 21.8 Å². The predicted molar refractivity (Wildman–Crippen MR) is 148 cm³/mol. The van der Waals surface area contributed by atoms with Crippen LogP contribution in [-0.2, 0) is 22.7 Å². The Hall–Kier alpha value is -2.93. The van der Waals surface area contributed by atoms with Crippen LogP contribution in [0.25, 0.3) is 0 Å². The summed E-state index contributed by atoms with van der Waals surface area (Å²) in [4.78, 5) is 13.2. The van der Waals surface area contributed by atoms with E-state index in [4.69, 9.17) is 4.74 Å². The highest BCUT2D eigenvalue weighted by molar-refractivity contribution is 7.91. The summed E-state index contributed by atoms with van der Waals surface area (Å²) in [6.07, 6.45) is -3.09.